The Morgan fingerprint density at radius 3 is 2.41 bits per heavy atom. The predicted molar refractivity (Wildman–Crippen MR) is 153 cm³/mol. The molecule has 0 aliphatic heterocycles. The van der Waals surface area contributed by atoms with Crippen molar-refractivity contribution in [3.05, 3.63) is 81.9 Å². The van der Waals surface area contributed by atoms with E-state index in [-0.39, 0.29) is 5.91 Å². The molecule has 3 aromatic rings. The van der Waals surface area contributed by atoms with Gasteiger partial charge in [0, 0.05) is 53.3 Å². The first kappa shape index (κ1) is 27.2. The maximum absolute atomic E-state index is 13.4. The van der Waals surface area contributed by atoms with Gasteiger partial charge in [-0.05, 0) is 83.8 Å². The molecule has 198 valence electrons. The molecule has 1 fully saturated rings. The van der Waals surface area contributed by atoms with Gasteiger partial charge in [0.05, 0.1) is 6.54 Å². The van der Waals surface area contributed by atoms with Crippen molar-refractivity contribution < 1.29 is 4.79 Å². The van der Waals surface area contributed by atoms with Crippen LogP contribution in [0.3, 0.4) is 0 Å². The Labute approximate surface area is 226 Å². The van der Waals surface area contributed by atoms with Gasteiger partial charge in [0.15, 0.2) is 0 Å². The van der Waals surface area contributed by atoms with E-state index in [1.807, 2.05) is 44.3 Å². The zero-order valence-corrected chi connectivity index (χ0v) is 23.6. The third kappa shape index (κ3) is 6.36. The number of imidazole rings is 1. The van der Waals surface area contributed by atoms with Crippen LogP contribution in [-0.4, -0.2) is 53.1 Å². The molecule has 0 atom stereocenters. The Hall–Kier alpha value is -2.83. The minimum atomic E-state index is -0.125. The Kier molecular flexibility index (Phi) is 8.93. The van der Waals surface area contributed by atoms with Gasteiger partial charge in [-0.3, -0.25) is 4.79 Å². The van der Waals surface area contributed by atoms with Gasteiger partial charge < -0.3 is 19.7 Å². The first-order valence-corrected chi connectivity index (χ1v) is 13.7. The van der Waals surface area contributed by atoms with Crippen LogP contribution < -0.4 is 10.2 Å². The number of hydrogen-bond acceptors (Lipinski definition) is 4. The van der Waals surface area contributed by atoms with Gasteiger partial charge in [0.2, 0.25) is 0 Å². The number of aromatic nitrogens is 2. The molecule has 1 N–H and O–H groups in total. The summed E-state index contributed by atoms with van der Waals surface area (Å²) in [6, 6.07) is 15.2. The van der Waals surface area contributed by atoms with Crippen molar-refractivity contribution in [2.24, 2.45) is 0 Å². The number of benzene rings is 2. The Morgan fingerprint density at radius 1 is 1.08 bits per heavy atom. The van der Waals surface area contributed by atoms with Gasteiger partial charge in [-0.15, -0.1) is 0 Å². The van der Waals surface area contributed by atoms with Gasteiger partial charge in [-0.2, -0.15) is 0 Å². The summed E-state index contributed by atoms with van der Waals surface area (Å²) < 4.78 is 2.15. The van der Waals surface area contributed by atoms with Crippen LogP contribution in [0.5, 0.6) is 0 Å². The van der Waals surface area contributed by atoms with Crippen molar-refractivity contribution in [2.45, 2.75) is 71.6 Å². The summed E-state index contributed by atoms with van der Waals surface area (Å²) in [7, 11) is 4.34. The largest absolute Gasteiger partial charge is 0.369 e. The average Bonchev–Trinajstić information content (AvgIpc) is 3.24. The SMILES string of the molecule is CCN(c1cc(Cl)cc(C(=O)NCc2ncc(C)n2Cc2ccccc2)c1C)[C@H]1CC[C@H](N(C)C)CC1. The van der Waals surface area contributed by atoms with Crippen LogP contribution in [0.15, 0.2) is 48.7 Å². The highest BCUT2D eigenvalue weighted by molar-refractivity contribution is 6.31. The van der Waals surface area contributed by atoms with Gasteiger partial charge in [-0.1, -0.05) is 41.9 Å². The van der Waals surface area contributed by atoms with Crippen LogP contribution in [0.1, 0.15) is 65.6 Å². The topological polar surface area (TPSA) is 53.4 Å². The van der Waals surface area contributed by atoms with Gasteiger partial charge in [-0.25, -0.2) is 4.98 Å². The van der Waals surface area contributed by atoms with Crippen molar-refractivity contribution >= 4 is 23.2 Å². The van der Waals surface area contributed by atoms with E-state index in [2.05, 4.69) is 57.8 Å². The molecule has 2 aromatic carbocycles. The van der Waals surface area contributed by atoms with E-state index in [9.17, 15) is 4.79 Å². The number of nitrogens with one attached hydrogen (secondary N) is 1. The summed E-state index contributed by atoms with van der Waals surface area (Å²) in [4.78, 5) is 22.7. The number of anilines is 1. The minimum Gasteiger partial charge on any atom is -0.369 e. The monoisotopic (exact) mass is 521 g/mol. The maximum Gasteiger partial charge on any atom is 0.252 e. The lowest BCUT2D eigenvalue weighted by atomic mass is 9.89. The molecule has 6 nitrogen and oxygen atoms in total. The fraction of sp³-hybridized carbons (Fsp3) is 0.467. The fourth-order valence-electron chi connectivity index (χ4n) is 5.60. The van der Waals surface area contributed by atoms with Crippen molar-refractivity contribution in [1.82, 2.24) is 19.8 Å². The molecule has 0 bridgehead atoms. The molecular formula is C30H40ClN5O. The second-order valence-electron chi connectivity index (χ2n) is 10.4. The first-order valence-electron chi connectivity index (χ1n) is 13.3. The average molecular weight is 522 g/mol. The van der Waals surface area contributed by atoms with E-state index in [1.54, 1.807) is 6.07 Å². The summed E-state index contributed by atoms with van der Waals surface area (Å²) in [5.74, 6) is 0.711. The second kappa shape index (κ2) is 12.1. The summed E-state index contributed by atoms with van der Waals surface area (Å²) in [6.07, 6.45) is 6.53. The molecule has 1 heterocycles. The highest BCUT2D eigenvalue weighted by Crippen LogP contribution is 2.34. The Balaban J connectivity index is 1.49. The Bertz CT molecular complexity index is 1200. The zero-order chi connectivity index (χ0) is 26.5. The first-order chi connectivity index (χ1) is 17.8. The number of amides is 1. The van der Waals surface area contributed by atoms with Gasteiger partial charge >= 0.3 is 0 Å². The third-order valence-corrected chi connectivity index (χ3v) is 8.02. The Morgan fingerprint density at radius 2 is 1.76 bits per heavy atom. The maximum atomic E-state index is 13.4. The van der Waals surface area contributed by atoms with Gasteiger partial charge in [0.1, 0.15) is 5.82 Å². The molecule has 1 aromatic heterocycles. The lowest BCUT2D eigenvalue weighted by molar-refractivity contribution is 0.0949. The number of aryl methyl sites for hydroxylation is 1. The molecule has 0 saturated heterocycles. The molecule has 0 radical (unpaired) electrons. The van der Waals surface area contributed by atoms with Gasteiger partial charge in [0.25, 0.3) is 5.91 Å². The molecule has 1 aliphatic rings. The van der Waals surface area contributed by atoms with Crippen molar-refractivity contribution in [3.8, 4) is 0 Å². The second-order valence-corrected chi connectivity index (χ2v) is 10.8. The lowest BCUT2D eigenvalue weighted by Crippen LogP contribution is -2.42. The smallest absolute Gasteiger partial charge is 0.252 e. The number of rotatable bonds is 9. The van der Waals surface area contributed by atoms with Crippen LogP contribution in [0.2, 0.25) is 5.02 Å². The molecule has 37 heavy (non-hydrogen) atoms. The normalized spacial score (nSPS) is 17.7. The molecular weight excluding hydrogens is 482 g/mol. The molecule has 1 saturated carbocycles. The van der Waals surface area contributed by atoms with Crippen LogP contribution in [0.4, 0.5) is 5.69 Å². The summed E-state index contributed by atoms with van der Waals surface area (Å²) in [5.41, 5.74) is 4.93. The molecule has 1 aliphatic carbocycles. The number of halogens is 1. The number of hydrogen-bond donors (Lipinski definition) is 1. The van der Waals surface area contributed by atoms with Crippen molar-refractivity contribution in [1.29, 1.82) is 0 Å². The molecule has 0 spiro atoms. The fourth-order valence-corrected chi connectivity index (χ4v) is 5.81. The van der Waals surface area contributed by atoms with E-state index in [0.29, 0.717) is 29.2 Å². The molecule has 0 unspecified atom stereocenters. The molecule has 7 heteroatoms. The van der Waals surface area contributed by atoms with E-state index in [4.69, 9.17) is 11.6 Å². The van der Waals surface area contributed by atoms with Crippen LogP contribution >= 0.6 is 11.6 Å². The summed E-state index contributed by atoms with van der Waals surface area (Å²) >= 11 is 6.58. The predicted octanol–water partition coefficient (Wildman–Crippen LogP) is 5.83. The van der Waals surface area contributed by atoms with Crippen molar-refractivity contribution in [2.75, 3.05) is 25.5 Å². The summed E-state index contributed by atoms with van der Waals surface area (Å²) in [5, 5.41) is 3.69. The van der Waals surface area contributed by atoms with Crippen molar-refractivity contribution in [3.63, 3.8) is 0 Å². The number of nitrogens with zero attached hydrogens (tertiary/aromatic N) is 4. The van der Waals surface area contributed by atoms with Crippen LogP contribution in [0, 0.1) is 13.8 Å². The quantitative estimate of drug-likeness (QED) is 0.385. The number of carbonyl (C=O) groups is 1. The summed E-state index contributed by atoms with van der Waals surface area (Å²) in [6.45, 7) is 8.23. The highest BCUT2D eigenvalue weighted by Gasteiger charge is 2.28. The standard InChI is InChI=1S/C30H40ClN5O/c1-6-35(26-14-12-25(13-15-26)34(4)5)28-17-24(31)16-27(22(28)3)30(37)33-19-29-32-18-21(2)36(29)20-23-10-8-7-9-11-23/h7-11,16-18,25-26H,6,12-15,19-20H2,1-5H3,(H,33,37)/t25-,26-. The molecule has 1 amide bonds. The van der Waals surface area contributed by atoms with Crippen LogP contribution in [0.25, 0.3) is 0 Å². The highest BCUT2D eigenvalue weighted by atomic mass is 35.5. The van der Waals surface area contributed by atoms with E-state index in [1.165, 1.54) is 18.4 Å². The lowest BCUT2D eigenvalue weighted by Gasteiger charge is -2.40. The zero-order valence-electron chi connectivity index (χ0n) is 22.8. The number of carbonyl (C=O) groups excluding carboxylic acids is 1. The van der Waals surface area contributed by atoms with E-state index >= 15 is 0 Å². The van der Waals surface area contributed by atoms with E-state index < -0.39 is 0 Å². The van der Waals surface area contributed by atoms with E-state index in [0.717, 1.165) is 48.7 Å². The minimum absolute atomic E-state index is 0.125. The molecule has 4 rings (SSSR count). The van der Waals surface area contributed by atoms with Crippen LogP contribution in [-0.2, 0) is 13.1 Å². The third-order valence-electron chi connectivity index (χ3n) is 7.81.